The maximum absolute atomic E-state index is 12.7. The molecule has 0 heterocycles. The molecule has 0 aromatic heterocycles. The van der Waals surface area contributed by atoms with Crippen LogP contribution < -0.4 is 10.6 Å². The minimum atomic E-state index is -0.282. The van der Waals surface area contributed by atoms with Crippen LogP contribution in [0.5, 0.6) is 0 Å². The summed E-state index contributed by atoms with van der Waals surface area (Å²) >= 11 is 6.22. The molecule has 4 nitrogen and oxygen atoms in total. The van der Waals surface area contributed by atoms with Crippen molar-refractivity contribution in [2.75, 3.05) is 23.8 Å². The van der Waals surface area contributed by atoms with Crippen LogP contribution in [0.15, 0.2) is 42.5 Å². The molecule has 5 heteroatoms. The minimum Gasteiger partial charge on any atom is -0.397 e. The largest absolute Gasteiger partial charge is 0.397 e. The predicted octanol–water partition coefficient (Wildman–Crippen LogP) is 2.87. The van der Waals surface area contributed by atoms with Gasteiger partial charge in [-0.25, -0.2) is 0 Å². The summed E-state index contributed by atoms with van der Waals surface area (Å²) in [5.74, 6) is -0.282. The predicted molar refractivity (Wildman–Crippen MR) is 85.8 cm³/mol. The van der Waals surface area contributed by atoms with Crippen LogP contribution in [0.3, 0.4) is 0 Å². The molecule has 2 aromatic carbocycles. The lowest BCUT2D eigenvalue weighted by Gasteiger charge is -2.24. The van der Waals surface area contributed by atoms with Gasteiger partial charge >= 0.3 is 0 Å². The third-order valence-corrected chi connectivity index (χ3v) is 3.72. The zero-order chi connectivity index (χ0) is 15.4. The number of aliphatic hydroxyl groups excluding tert-OH is 1. The SMILES string of the molecule is Cc1cccc(C(=O)N(CCO)c2ccccc2N)c1Cl. The molecule has 1 amide bonds. The fourth-order valence-electron chi connectivity index (χ4n) is 2.12. The molecule has 2 rings (SSSR count). The Morgan fingerprint density at radius 3 is 2.62 bits per heavy atom. The number of nitrogen functional groups attached to an aromatic ring is 1. The molecule has 0 fully saturated rings. The van der Waals surface area contributed by atoms with Gasteiger partial charge in [-0.1, -0.05) is 35.9 Å². The van der Waals surface area contributed by atoms with E-state index in [1.165, 1.54) is 4.90 Å². The van der Waals surface area contributed by atoms with Crippen LogP contribution in [-0.2, 0) is 0 Å². The van der Waals surface area contributed by atoms with Crippen molar-refractivity contribution in [3.05, 3.63) is 58.6 Å². The van der Waals surface area contributed by atoms with Gasteiger partial charge in [-0.2, -0.15) is 0 Å². The summed E-state index contributed by atoms with van der Waals surface area (Å²) in [5.41, 5.74) is 8.19. The van der Waals surface area contributed by atoms with Crippen LogP contribution in [0.4, 0.5) is 11.4 Å². The number of carbonyl (C=O) groups is 1. The highest BCUT2D eigenvalue weighted by Gasteiger charge is 2.21. The molecule has 0 unspecified atom stereocenters. The Kier molecular flexibility index (Phi) is 4.83. The normalized spacial score (nSPS) is 10.4. The molecule has 0 aliphatic heterocycles. The first-order valence-electron chi connectivity index (χ1n) is 6.58. The molecular weight excluding hydrogens is 288 g/mol. The van der Waals surface area contributed by atoms with Crippen molar-refractivity contribution in [1.29, 1.82) is 0 Å². The summed E-state index contributed by atoms with van der Waals surface area (Å²) in [6.45, 7) is 1.83. The van der Waals surface area contributed by atoms with Crippen LogP contribution in [0.25, 0.3) is 0 Å². The van der Waals surface area contributed by atoms with Gasteiger partial charge < -0.3 is 15.7 Å². The number of hydrogen-bond donors (Lipinski definition) is 2. The minimum absolute atomic E-state index is 0.150. The number of para-hydroxylation sites is 2. The van der Waals surface area contributed by atoms with Crippen molar-refractivity contribution in [2.45, 2.75) is 6.92 Å². The third kappa shape index (κ3) is 3.17. The van der Waals surface area contributed by atoms with Gasteiger partial charge in [0.1, 0.15) is 0 Å². The molecule has 0 saturated heterocycles. The van der Waals surface area contributed by atoms with Gasteiger partial charge in [0.05, 0.1) is 28.6 Å². The molecule has 110 valence electrons. The second-order valence-corrected chi connectivity index (χ2v) is 5.05. The lowest BCUT2D eigenvalue weighted by molar-refractivity contribution is 0.0981. The lowest BCUT2D eigenvalue weighted by atomic mass is 10.1. The van der Waals surface area contributed by atoms with Gasteiger partial charge in [0.15, 0.2) is 0 Å². The van der Waals surface area contributed by atoms with Crippen LogP contribution in [0.2, 0.25) is 5.02 Å². The molecule has 0 spiro atoms. The standard InChI is InChI=1S/C16H17ClN2O2/c1-11-5-4-6-12(15(11)17)16(21)19(9-10-20)14-8-3-2-7-13(14)18/h2-8,20H,9-10,18H2,1H3. The molecule has 0 aliphatic rings. The van der Waals surface area contributed by atoms with E-state index in [-0.39, 0.29) is 19.1 Å². The number of rotatable bonds is 4. The Morgan fingerprint density at radius 2 is 1.95 bits per heavy atom. The Bertz CT molecular complexity index is 658. The average molecular weight is 305 g/mol. The number of halogens is 1. The molecule has 0 aliphatic carbocycles. The number of aryl methyl sites for hydroxylation is 1. The van der Waals surface area contributed by atoms with E-state index in [2.05, 4.69) is 0 Å². The number of nitrogens with zero attached hydrogens (tertiary/aromatic N) is 1. The summed E-state index contributed by atoms with van der Waals surface area (Å²) in [7, 11) is 0. The van der Waals surface area contributed by atoms with Crippen LogP contribution >= 0.6 is 11.6 Å². The Balaban J connectivity index is 2.46. The van der Waals surface area contributed by atoms with Crippen LogP contribution in [0.1, 0.15) is 15.9 Å². The molecule has 0 bridgehead atoms. The molecule has 3 N–H and O–H groups in total. The van der Waals surface area contributed by atoms with E-state index in [1.807, 2.05) is 13.0 Å². The van der Waals surface area contributed by atoms with Gasteiger partial charge in [0.2, 0.25) is 0 Å². The highest BCUT2D eigenvalue weighted by atomic mass is 35.5. The van der Waals surface area contributed by atoms with Crippen molar-refractivity contribution in [2.24, 2.45) is 0 Å². The van der Waals surface area contributed by atoms with Gasteiger partial charge in [0, 0.05) is 6.54 Å². The van der Waals surface area contributed by atoms with Crippen molar-refractivity contribution in [1.82, 2.24) is 0 Å². The number of benzene rings is 2. The highest BCUT2D eigenvalue weighted by Crippen LogP contribution is 2.27. The van der Waals surface area contributed by atoms with Gasteiger partial charge in [-0.05, 0) is 30.7 Å². The van der Waals surface area contributed by atoms with Crippen LogP contribution in [0, 0.1) is 6.92 Å². The fraction of sp³-hybridized carbons (Fsp3) is 0.188. The van der Waals surface area contributed by atoms with E-state index < -0.39 is 0 Å². The smallest absolute Gasteiger partial charge is 0.259 e. The third-order valence-electron chi connectivity index (χ3n) is 3.22. The zero-order valence-corrected chi connectivity index (χ0v) is 12.5. The molecule has 21 heavy (non-hydrogen) atoms. The summed E-state index contributed by atoms with van der Waals surface area (Å²) in [4.78, 5) is 14.2. The number of nitrogens with two attached hydrogens (primary N) is 1. The highest BCUT2D eigenvalue weighted by molar-refractivity contribution is 6.35. The summed E-state index contributed by atoms with van der Waals surface area (Å²) in [6.07, 6.45) is 0. The topological polar surface area (TPSA) is 66.6 Å². The molecular formula is C16H17ClN2O2. The maximum Gasteiger partial charge on any atom is 0.259 e. The first-order chi connectivity index (χ1) is 10.1. The van der Waals surface area contributed by atoms with Crippen LogP contribution in [-0.4, -0.2) is 24.2 Å². The van der Waals surface area contributed by atoms with E-state index in [4.69, 9.17) is 17.3 Å². The number of amides is 1. The summed E-state index contributed by atoms with van der Waals surface area (Å²) in [6, 6.07) is 12.3. The lowest BCUT2D eigenvalue weighted by Crippen LogP contribution is -2.34. The molecule has 2 aromatic rings. The van der Waals surface area contributed by atoms with E-state index in [1.54, 1.807) is 36.4 Å². The second-order valence-electron chi connectivity index (χ2n) is 4.68. The van der Waals surface area contributed by atoms with Gasteiger partial charge in [-0.3, -0.25) is 4.79 Å². The monoisotopic (exact) mass is 304 g/mol. The van der Waals surface area contributed by atoms with E-state index >= 15 is 0 Å². The number of carbonyl (C=O) groups excluding carboxylic acids is 1. The fourth-order valence-corrected chi connectivity index (χ4v) is 2.33. The Hall–Kier alpha value is -2.04. The first-order valence-corrected chi connectivity index (χ1v) is 6.96. The van der Waals surface area contributed by atoms with Crippen molar-refractivity contribution in [3.8, 4) is 0 Å². The second kappa shape index (κ2) is 6.61. The van der Waals surface area contributed by atoms with E-state index in [9.17, 15) is 9.90 Å². The summed E-state index contributed by atoms with van der Waals surface area (Å²) < 4.78 is 0. The van der Waals surface area contributed by atoms with Crippen molar-refractivity contribution < 1.29 is 9.90 Å². The summed E-state index contributed by atoms with van der Waals surface area (Å²) in [5, 5.41) is 9.66. The number of aliphatic hydroxyl groups is 1. The average Bonchev–Trinajstić information content (AvgIpc) is 2.48. The van der Waals surface area contributed by atoms with Crippen molar-refractivity contribution >= 4 is 28.9 Å². The van der Waals surface area contributed by atoms with E-state index in [0.29, 0.717) is 22.0 Å². The number of anilines is 2. The maximum atomic E-state index is 12.7. The van der Waals surface area contributed by atoms with Gasteiger partial charge in [0.25, 0.3) is 5.91 Å². The quantitative estimate of drug-likeness (QED) is 0.854. The number of hydrogen-bond acceptors (Lipinski definition) is 3. The Labute approximate surface area is 128 Å². The molecule has 0 atom stereocenters. The van der Waals surface area contributed by atoms with E-state index in [0.717, 1.165) is 5.56 Å². The Morgan fingerprint density at radius 1 is 1.24 bits per heavy atom. The van der Waals surface area contributed by atoms with Gasteiger partial charge in [-0.15, -0.1) is 0 Å². The first kappa shape index (κ1) is 15.4. The molecule has 0 radical (unpaired) electrons. The molecule has 0 saturated carbocycles. The van der Waals surface area contributed by atoms with Crippen molar-refractivity contribution in [3.63, 3.8) is 0 Å². The zero-order valence-electron chi connectivity index (χ0n) is 11.7.